The van der Waals surface area contributed by atoms with Crippen LogP contribution in [0.4, 0.5) is 5.13 Å². The van der Waals surface area contributed by atoms with Crippen molar-refractivity contribution in [1.82, 2.24) is 19.9 Å². The van der Waals surface area contributed by atoms with E-state index in [0.717, 1.165) is 21.8 Å². The van der Waals surface area contributed by atoms with Crippen LogP contribution in [0.25, 0.3) is 11.4 Å². The molecule has 2 aromatic heterocycles. The molecule has 0 spiro atoms. The molecule has 29 heavy (non-hydrogen) atoms. The van der Waals surface area contributed by atoms with Gasteiger partial charge in [-0.15, -0.1) is 21.5 Å². The van der Waals surface area contributed by atoms with Crippen LogP contribution < -0.4 is 11.2 Å². The summed E-state index contributed by atoms with van der Waals surface area (Å²) in [4.78, 5) is 27.9. The van der Waals surface area contributed by atoms with Gasteiger partial charge in [0.1, 0.15) is 0 Å². The van der Waals surface area contributed by atoms with Crippen LogP contribution in [0.15, 0.2) is 39.3 Å². The Bertz CT molecular complexity index is 1020. The second kappa shape index (κ2) is 9.85. The van der Waals surface area contributed by atoms with Crippen LogP contribution in [0, 0.1) is 0 Å². The SMILES string of the molecule is CCOC(=O)Cc1csc(NC(=O)CSc2nnc(-c3ccccc3Br)n2N)n1. The predicted octanol–water partition coefficient (Wildman–Crippen LogP) is 2.71. The van der Waals surface area contributed by atoms with E-state index in [1.165, 1.54) is 16.0 Å². The van der Waals surface area contributed by atoms with Gasteiger partial charge in [-0.05, 0) is 19.1 Å². The summed E-state index contributed by atoms with van der Waals surface area (Å²) in [6.07, 6.45) is 0.0725. The van der Waals surface area contributed by atoms with Gasteiger partial charge in [0.25, 0.3) is 0 Å². The Labute approximate surface area is 183 Å². The van der Waals surface area contributed by atoms with Gasteiger partial charge < -0.3 is 15.9 Å². The summed E-state index contributed by atoms with van der Waals surface area (Å²) < 4.78 is 7.07. The lowest BCUT2D eigenvalue weighted by atomic mass is 10.2. The van der Waals surface area contributed by atoms with Gasteiger partial charge in [0, 0.05) is 15.4 Å². The molecule has 12 heteroatoms. The van der Waals surface area contributed by atoms with Crippen molar-refractivity contribution in [3.8, 4) is 11.4 Å². The van der Waals surface area contributed by atoms with E-state index in [1.807, 2.05) is 24.3 Å². The zero-order valence-electron chi connectivity index (χ0n) is 15.3. The fourth-order valence-electron chi connectivity index (χ4n) is 2.29. The van der Waals surface area contributed by atoms with Crippen LogP contribution in [0.5, 0.6) is 0 Å². The van der Waals surface area contributed by atoms with Gasteiger partial charge >= 0.3 is 5.97 Å². The molecular weight excluding hydrogens is 480 g/mol. The lowest BCUT2D eigenvalue weighted by Gasteiger charge is -2.05. The number of aromatic nitrogens is 4. The third-order valence-electron chi connectivity index (χ3n) is 3.54. The molecule has 3 N–H and O–H groups in total. The highest BCUT2D eigenvalue weighted by atomic mass is 79.9. The quantitative estimate of drug-likeness (QED) is 0.277. The summed E-state index contributed by atoms with van der Waals surface area (Å²) in [6.45, 7) is 2.06. The van der Waals surface area contributed by atoms with Gasteiger partial charge in [-0.3, -0.25) is 9.59 Å². The fraction of sp³-hybridized carbons (Fsp3) is 0.235. The first-order chi connectivity index (χ1) is 14.0. The van der Waals surface area contributed by atoms with E-state index < -0.39 is 0 Å². The minimum Gasteiger partial charge on any atom is -0.466 e. The Hall–Kier alpha value is -2.44. The molecule has 0 saturated heterocycles. The normalized spacial score (nSPS) is 10.7. The molecule has 2 heterocycles. The third-order valence-corrected chi connectivity index (χ3v) is 5.98. The molecule has 1 amide bonds. The van der Waals surface area contributed by atoms with E-state index in [9.17, 15) is 9.59 Å². The van der Waals surface area contributed by atoms with E-state index in [0.29, 0.717) is 28.4 Å². The Morgan fingerprint density at radius 1 is 1.34 bits per heavy atom. The van der Waals surface area contributed by atoms with Gasteiger partial charge in [-0.1, -0.05) is 39.8 Å². The van der Waals surface area contributed by atoms with Gasteiger partial charge in [-0.2, -0.15) is 0 Å². The summed E-state index contributed by atoms with van der Waals surface area (Å²) in [6, 6.07) is 7.52. The topological polar surface area (TPSA) is 125 Å². The Morgan fingerprint density at radius 3 is 2.90 bits per heavy atom. The molecule has 3 rings (SSSR count). The molecule has 152 valence electrons. The largest absolute Gasteiger partial charge is 0.466 e. The molecular formula is C17H17BrN6O3S2. The Morgan fingerprint density at radius 2 is 2.14 bits per heavy atom. The molecule has 0 aliphatic heterocycles. The van der Waals surface area contributed by atoms with Crippen molar-refractivity contribution in [2.75, 3.05) is 23.5 Å². The van der Waals surface area contributed by atoms with E-state index in [4.69, 9.17) is 10.6 Å². The fourth-order valence-corrected chi connectivity index (χ4v) is 4.14. The summed E-state index contributed by atoms with van der Waals surface area (Å²) >= 11 is 5.86. The maximum atomic E-state index is 12.2. The smallest absolute Gasteiger partial charge is 0.311 e. The molecule has 0 aliphatic carbocycles. The van der Waals surface area contributed by atoms with Crippen LogP contribution in [-0.4, -0.2) is 44.1 Å². The number of nitrogen functional groups attached to an aromatic ring is 1. The van der Waals surface area contributed by atoms with Crippen molar-refractivity contribution in [2.45, 2.75) is 18.5 Å². The Balaban J connectivity index is 1.56. The van der Waals surface area contributed by atoms with Crippen LogP contribution in [0.3, 0.4) is 0 Å². The number of thioether (sulfide) groups is 1. The highest BCUT2D eigenvalue weighted by Crippen LogP contribution is 2.28. The van der Waals surface area contributed by atoms with E-state index in [-0.39, 0.29) is 24.1 Å². The zero-order valence-corrected chi connectivity index (χ0v) is 18.5. The number of nitrogens with one attached hydrogen (secondary N) is 1. The van der Waals surface area contributed by atoms with Crippen molar-refractivity contribution in [1.29, 1.82) is 0 Å². The number of benzene rings is 1. The number of anilines is 1. The zero-order chi connectivity index (χ0) is 20.8. The monoisotopic (exact) mass is 496 g/mol. The number of thiazole rings is 1. The number of amides is 1. The molecule has 1 aromatic carbocycles. The molecule has 0 unspecified atom stereocenters. The highest BCUT2D eigenvalue weighted by molar-refractivity contribution is 9.10. The number of hydrogen-bond donors (Lipinski definition) is 2. The summed E-state index contributed by atoms with van der Waals surface area (Å²) in [5, 5.41) is 13.4. The first-order valence-corrected chi connectivity index (χ1v) is 11.1. The average Bonchev–Trinajstić information content (AvgIpc) is 3.27. The summed E-state index contributed by atoms with van der Waals surface area (Å²) in [5.41, 5.74) is 1.35. The number of nitrogens with zero attached hydrogens (tertiary/aromatic N) is 4. The lowest BCUT2D eigenvalue weighted by Crippen LogP contribution is -2.16. The first-order valence-electron chi connectivity index (χ1n) is 8.46. The highest BCUT2D eigenvalue weighted by Gasteiger charge is 2.16. The molecule has 0 radical (unpaired) electrons. The Kier molecular flexibility index (Phi) is 7.23. The van der Waals surface area contributed by atoms with Crippen molar-refractivity contribution in [3.05, 3.63) is 39.8 Å². The van der Waals surface area contributed by atoms with Crippen LogP contribution in [-0.2, 0) is 20.7 Å². The van der Waals surface area contributed by atoms with Crippen molar-refractivity contribution < 1.29 is 14.3 Å². The number of nitrogens with two attached hydrogens (primary N) is 1. The van der Waals surface area contributed by atoms with Gasteiger partial charge in [0.05, 0.1) is 24.5 Å². The van der Waals surface area contributed by atoms with Crippen LogP contribution in [0.2, 0.25) is 0 Å². The second-order valence-corrected chi connectivity index (χ2v) is 8.27. The molecule has 9 nitrogen and oxygen atoms in total. The average molecular weight is 497 g/mol. The maximum absolute atomic E-state index is 12.2. The number of halogens is 1. The lowest BCUT2D eigenvalue weighted by molar-refractivity contribution is -0.142. The van der Waals surface area contributed by atoms with Crippen LogP contribution in [0.1, 0.15) is 12.6 Å². The molecule has 0 saturated carbocycles. The third kappa shape index (κ3) is 5.55. The molecule has 0 fully saturated rings. The molecule has 0 aliphatic rings. The van der Waals surface area contributed by atoms with Crippen molar-refractivity contribution >= 4 is 56.0 Å². The first kappa shape index (κ1) is 21.3. The van der Waals surface area contributed by atoms with Crippen molar-refractivity contribution in [2.24, 2.45) is 0 Å². The molecule has 0 bridgehead atoms. The minimum absolute atomic E-state index is 0.0725. The summed E-state index contributed by atoms with van der Waals surface area (Å²) in [5.74, 6) is 6.03. The minimum atomic E-state index is -0.352. The van der Waals surface area contributed by atoms with Gasteiger partial charge in [0.2, 0.25) is 11.1 Å². The van der Waals surface area contributed by atoms with E-state index in [1.54, 1.807) is 12.3 Å². The van der Waals surface area contributed by atoms with Crippen LogP contribution >= 0.6 is 39.0 Å². The summed E-state index contributed by atoms with van der Waals surface area (Å²) in [7, 11) is 0. The van der Waals surface area contributed by atoms with Gasteiger partial charge in [0.15, 0.2) is 11.0 Å². The predicted molar refractivity (Wildman–Crippen MR) is 115 cm³/mol. The number of ether oxygens (including phenoxy) is 1. The maximum Gasteiger partial charge on any atom is 0.311 e. The van der Waals surface area contributed by atoms with E-state index in [2.05, 4.69) is 36.4 Å². The number of rotatable bonds is 8. The molecule has 3 aromatic rings. The standard InChI is InChI=1S/C17H17BrN6O3S2/c1-2-27-14(26)7-10-8-28-16(20-10)21-13(25)9-29-17-23-22-15(24(17)19)11-5-3-4-6-12(11)18/h3-6,8H,2,7,9,19H2,1H3,(H,20,21,25). The molecule has 0 atom stereocenters. The van der Waals surface area contributed by atoms with Crippen molar-refractivity contribution in [3.63, 3.8) is 0 Å². The van der Waals surface area contributed by atoms with E-state index >= 15 is 0 Å². The number of hydrogen-bond acceptors (Lipinski definition) is 9. The number of carbonyl (C=O) groups excluding carboxylic acids is 2. The second-order valence-electron chi connectivity index (χ2n) is 5.62. The number of esters is 1. The number of carbonyl (C=O) groups is 2. The van der Waals surface area contributed by atoms with Gasteiger partial charge in [-0.25, -0.2) is 9.66 Å².